The number of carbonyl (C=O) groups excluding carboxylic acids is 2. The van der Waals surface area contributed by atoms with Crippen LogP contribution in [-0.4, -0.2) is 87.4 Å². The quantitative estimate of drug-likeness (QED) is 0.0211. The van der Waals surface area contributed by atoms with Gasteiger partial charge in [-0.25, -0.2) is 4.79 Å². The Kier molecular flexibility index (Phi) is 66.1. The number of aliphatic carboxylic acids is 1. The molecule has 0 radical (unpaired) electrons. The van der Waals surface area contributed by atoms with Crippen LogP contribution in [0.2, 0.25) is 0 Å². The molecular weight excluding hydrogens is 1150 g/mol. The van der Waals surface area contributed by atoms with Gasteiger partial charge in [-0.05, 0) is 161 Å². The Labute approximate surface area is 568 Å². The van der Waals surface area contributed by atoms with E-state index in [4.69, 9.17) is 18.9 Å². The molecule has 0 aromatic rings. The van der Waals surface area contributed by atoms with Crippen LogP contribution in [0.5, 0.6) is 0 Å². The molecule has 516 valence electrons. The average molecular weight is 1280 g/mol. The van der Waals surface area contributed by atoms with Crippen LogP contribution in [0.4, 0.5) is 0 Å². The third-order valence-electron chi connectivity index (χ3n) is 13.9. The van der Waals surface area contributed by atoms with Crippen molar-refractivity contribution >= 4 is 17.9 Å². The lowest BCUT2D eigenvalue weighted by atomic mass is 10.1. The highest BCUT2D eigenvalue weighted by molar-refractivity contribution is 5.71. The number of esters is 2. The predicted molar refractivity (Wildman–Crippen MR) is 400 cm³/mol. The second-order valence-electron chi connectivity index (χ2n) is 23.7. The number of unbranched alkanes of at least 4 members (excludes halogenated alkanes) is 9. The SMILES string of the molecule is CC/C=C\C/C=C\C/C=C\C/C=C\C/C=C\C/C=C\C/C=C\C/C=C\C/C=C\C/C=C\CCCCCCCCC(=O)OC(COC(=O)CCCCC/C=C\C/C=C\C/C=C\C/C=C\C/C=C\C/C=C\C/C=C\C/C=C\C/C=C\CC)COC(OCC[N+](C)(C)C)C(=O)O. The van der Waals surface area contributed by atoms with Crippen LogP contribution < -0.4 is 0 Å². The summed E-state index contributed by atoms with van der Waals surface area (Å²) in [5.41, 5.74) is 0. The molecule has 1 N–H and O–H groups in total. The maximum atomic E-state index is 12.9. The smallest absolute Gasteiger partial charge is 0.361 e. The van der Waals surface area contributed by atoms with E-state index in [0.29, 0.717) is 23.9 Å². The Morgan fingerprint density at radius 2 is 0.581 bits per heavy atom. The van der Waals surface area contributed by atoms with Crippen LogP contribution in [-0.2, 0) is 33.3 Å². The molecule has 2 unspecified atom stereocenters. The van der Waals surface area contributed by atoms with E-state index in [1.807, 2.05) is 21.1 Å². The van der Waals surface area contributed by atoms with E-state index in [2.05, 4.69) is 245 Å². The van der Waals surface area contributed by atoms with Gasteiger partial charge in [-0.2, -0.15) is 0 Å². The topological polar surface area (TPSA) is 108 Å². The summed E-state index contributed by atoms with van der Waals surface area (Å²) in [5, 5.41) is 9.75. The zero-order valence-electron chi connectivity index (χ0n) is 58.8. The molecule has 0 aliphatic carbocycles. The van der Waals surface area contributed by atoms with Gasteiger partial charge < -0.3 is 28.5 Å². The van der Waals surface area contributed by atoms with Crippen LogP contribution >= 0.6 is 0 Å². The second kappa shape index (κ2) is 71.2. The molecular formula is C84H128NO8+. The summed E-state index contributed by atoms with van der Waals surface area (Å²) in [6.45, 7) is 4.55. The molecule has 93 heavy (non-hydrogen) atoms. The number of hydrogen-bond acceptors (Lipinski definition) is 7. The number of carboxylic acids is 1. The first kappa shape index (κ1) is 86.4. The van der Waals surface area contributed by atoms with E-state index in [0.717, 1.165) is 180 Å². The van der Waals surface area contributed by atoms with Crippen molar-refractivity contribution in [1.29, 1.82) is 0 Å². The largest absolute Gasteiger partial charge is 0.477 e. The molecule has 0 aromatic heterocycles. The molecule has 0 rings (SSSR count). The molecule has 0 aliphatic heterocycles. The second-order valence-corrected chi connectivity index (χ2v) is 23.7. The third-order valence-corrected chi connectivity index (χ3v) is 13.9. The molecule has 0 aliphatic rings. The van der Waals surface area contributed by atoms with Crippen molar-refractivity contribution in [1.82, 2.24) is 0 Å². The molecule has 9 nitrogen and oxygen atoms in total. The number of likely N-dealkylation sites (N-methyl/N-ethyl adjacent to an activating group) is 1. The van der Waals surface area contributed by atoms with Crippen LogP contribution in [0.1, 0.15) is 219 Å². The van der Waals surface area contributed by atoms with Crippen molar-refractivity contribution in [2.75, 3.05) is 47.5 Å². The van der Waals surface area contributed by atoms with E-state index < -0.39 is 30.3 Å². The number of carbonyl (C=O) groups is 3. The maximum Gasteiger partial charge on any atom is 0.361 e. The first-order valence-electron chi connectivity index (χ1n) is 35.5. The van der Waals surface area contributed by atoms with Gasteiger partial charge in [0, 0.05) is 12.8 Å². The lowest BCUT2D eigenvalue weighted by molar-refractivity contribution is -0.870. The summed E-state index contributed by atoms with van der Waals surface area (Å²) in [6.07, 6.45) is 112. The van der Waals surface area contributed by atoms with E-state index in [9.17, 15) is 19.5 Å². The lowest BCUT2D eigenvalue weighted by Gasteiger charge is -2.25. The van der Waals surface area contributed by atoms with Gasteiger partial charge in [-0.15, -0.1) is 0 Å². The van der Waals surface area contributed by atoms with Gasteiger partial charge in [-0.3, -0.25) is 9.59 Å². The van der Waals surface area contributed by atoms with Gasteiger partial charge in [0.1, 0.15) is 13.2 Å². The van der Waals surface area contributed by atoms with E-state index in [-0.39, 0.29) is 32.7 Å². The standard InChI is InChI=1S/C84H127NO8/c1-6-8-10-12-14-16-18-20-22-24-26-28-30-32-34-36-38-39-40-41-42-43-45-47-49-51-53-55-57-59-61-63-65-67-69-71-73-75-82(87)93-80(79-92-84(83(88)89)90-77-76-85(3,4)5)78-91-81(86)74-72-70-68-66-64-62-60-58-56-54-52-50-48-46-44-37-35-33-31-29-27-25-23-21-19-17-15-13-11-9-7-2/h8-11,14-17,20-23,26-29,32-35,38-39,41-42,44-47,50-53,56-59,62,64,80,84H,6-7,12-13,18-19,24-25,30-31,36-37,40,43,48-49,54-55,60-61,63,65-79H2,1-5H3/p+1/b10-8-,11-9-,16-14-,17-15-,22-20-,23-21-,28-26-,29-27-,34-32-,35-33-,39-38-,42-41-,46-44-,47-45-,52-50-,53-51-,58-56-,59-57-,64-62-. The summed E-state index contributed by atoms with van der Waals surface area (Å²) >= 11 is 0. The molecule has 0 aromatic carbocycles. The number of nitrogens with zero attached hydrogens (tertiary/aromatic N) is 1. The molecule has 0 amide bonds. The molecule has 0 spiro atoms. The molecule has 0 heterocycles. The fourth-order valence-corrected chi connectivity index (χ4v) is 8.56. The zero-order chi connectivity index (χ0) is 67.5. The van der Waals surface area contributed by atoms with Gasteiger partial charge in [0.15, 0.2) is 6.10 Å². The molecule has 9 heteroatoms. The lowest BCUT2D eigenvalue weighted by Crippen LogP contribution is -2.40. The van der Waals surface area contributed by atoms with Crippen molar-refractivity contribution in [3.05, 3.63) is 231 Å². The van der Waals surface area contributed by atoms with Crippen molar-refractivity contribution in [2.45, 2.75) is 232 Å². The van der Waals surface area contributed by atoms with Crippen molar-refractivity contribution in [3.8, 4) is 0 Å². The van der Waals surface area contributed by atoms with Crippen molar-refractivity contribution < 1.29 is 42.9 Å². The Hall–Kier alpha value is -6.65. The summed E-state index contributed by atoms with van der Waals surface area (Å²) in [4.78, 5) is 37.6. The highest BCUT2D eigenvalue weighted by Crippen LogP contribution is 2.13. The first-order chi connectivity index (χ1) is 45.6. The summed E-state index contributed by atoms with van der Waals surface area (Å²) < 4.78 is 22.9. The normalized spacial score (nSPS) is 14.1. The molecule has 0 saturated heterocycles. The summed E-state index contributed by atoms with van der Waals surface area (Å²) in [7, 11) is 5.94. The van der Waals surface area contributed by atoms with Gasteiger partial charge in [0.05, 0.1) is 34.4 Å². The van der Waals surface area contributed by atoms with Crippen LogP contribution in [0.3, 0.4) is 0 Å². The number of carboxylic acid groups (broad SMARTS) is 1. The number of hydrogen-bond donors (Lipinski definition) is 1. The van der Waals surface area contributed by atoms with E-state index in [1.165, 1.54) is 0 Å². The number of allylic oxidation sites excluding steroid dienone is 38. The number of ether oxygens (including phenoxy) is 4. The van der Waals surface area contributed by atoms with Crippen LogP contribution in [0.25, 0.3) is 0 Å². The molecule has 2 atom stereocenters. The Bertz CT molecular complexity index is 2380. The van der Waals surface area contributed by atoms with Crippen molar-refractivity contribution in [3.63, 3.8) is 0 Å². The van der Waals surface area contributed by atoms with E-state index >= 15 is 0 Å². The zero-order valence-corrected chi connectivity index (χ0v) is 58.8. The summed E-state index contributed by atoms with van der Waals surface area (Å²) in [6, 6.07) is 0. The minimum Gasteiger partial charge on any atom is -0.477 e. The number of quaternary nitrogens is 1. The third kappa shape index (κ3) is 72.6. The molecule has 0 bridgehead atoms. The fourth-order valence-electron chi connectivity index (χ4n) is 8.56. The van der Waals surface area contributed by atoms with Gasteiger partial charge in [0.2, 0.25) is 0 Å². The minimum atomic E-state index is -1.54. The van der Waals surface area contributed by atoms with Gasteiger partial charge >= 0.3 is 17.9 Å². The fraction of sp³-hybridized carbons (Fsp3) is 0.512. The van der Waals surface area contributed by atoms with Crippen LogP contribution in [0.15, 0.2) is 231 Å². The Morgan fingerprint density at radius 1 is 0.323 bits per heavy atom. The van der Waals surface area contributed by atoms with Gasteiger partial charge in [-0.1, -0.05) is 277 Å². The summed E-state index contributed by atoms with van der Waals surface area (Å²) in [5.74, 6) is -2.10. The van der Waals surface area contributed by atoms with E-state index in [1.54, 1.807) is 0 Å². The first-order valence-corrected chi connectivity index (χ1v) is 35.5. The highest BCUT2D eigenvalue weighted by Gasteiger charge is 2.25. The molecule has 0 fully saturated rings. The predicted octanol–water partition coefficient (Wildman–Crippen LogP) is 22.7. The van der Waals surface area contributed by atoms with Crippen molar-refractivity contribution in [2.24, 2.45) is 0 Å². The maximum absolute atomic E-state index is 12.9. The molecule has 0 saturated carbocycles. The Balaban J connectivity index is 4.32. The number of rotatable bonds is 62. The average Bonchev–Trinajstić information content (AvgIpc) is 3.73. The minimum absolute atomic E-state index is 0.165. The highest BCUT2D eigenvalue weighted by atomic mass is 16.7. The monoisotopic (exact) mass is 1280 g/mol. The van der Waals surface area contributed by atoms with Crippen LogP contribution in [0, 0.1) is 0 Å². The Morgan fingerprint density at radius 3 is 0.871 bits per heavy atom. The van der Waals surface area contributed by atoms with Gasteiger partial charge in [0.25, 0.3) is 6.29 Å².